The molecule has 0 saturated heterocycles. The van der Waals surface area contributed by atoms with Crippen molar-refractivity contribution in [1.29, 1.82) is 0 Å². The lowest BCUT2D eigenvalue weighted by Crippen LogP contribution is -2.41. The zero-order chi connectivity index (χ0) is 15.1. The molecule has 0 atom stereocenters. The van der Waals surface area contributed by atoms with Crippen LogP contribution in [0.4, 0.5) is 0 Å². The molecule has 0 aliphatic heterocycles. The largest absolute Gasteiger partial charge is 0.370 e. The highest BCUT2D eigenvalue weighted by atomic mass is 127. The number of nitrogens with zero attached hydrogens (tertiary/aromatic N) is 2. The van der Waals surface area contributed by atoms with Crippen LogP contribution in [-0.2, 0) is 13.1 Å². The molecule has 5 heteroatoms. The van der Waals surface area contributed by atoms with Crippen molar-refractivity contribution in [2.45, 2.75) is 51.2 Å². The lowest BCUT2D eigenvalue weighted by atomic mass is 9.96. The number of benzene rings is 1. The predicted octanol–water partition coefficient (Wildman–Crippen LogP) is 3.10. The predicted molar refractivity (Wildman–Crippen MR) is 105 cm³/mol. The summed E-state index contributed by atoms with van der Waals surface area (Å²) in [5, 5.41) is 3.36. The molecule has 0 bridgehead atoms. The maximum Gasteiger partial charge on any atom is 0.189 e. The fourth-order valence-corrected chi connectivity index (χ4v) is 2.87. The first-order valence-electron chi connectivity index (χ1n) is 7.92. The highest BCUT2D eigenvalue weighted by Crippen LogP contribution is 2.17. The Morgan fingerprint density at radius 2 is 1.91 bits per heavy atom. The summed E-state index contributed by atoms with van der Waals surface area (Å²) in [5.41, 5.74) is 8.52. The van der Waals surface area contributed by atoms with Crippen molar-refractivity contribution >= 4 is 29.9 Å². The Balaban J connectivity index is 0.00000242. The van der Waals surface area contributed by atoms with Gasteiger partial charge in [0.15, 0.2) is 5.96 Å². The van der Waals surface area contributed by atoms with E-state index in [9.17, 15) is 0 Å². The fraction of sp³-hybridized carbons (Fsp3) is 0.588. The number of nitrogens with two attached hydrogens (primary N) is 1. The van der Waals surface area contributed by atoms with Crippen LogP contribution in [0.5, 0.6) is 0 Å². The van der Waals surface area contributed by atoms with Crippen LogP contribution in [0.2, 0.25) is 0 Å². The molecule has 1 aromatic rings. The second-order valence-electron chi connectivity index (χ2n) is 6.24. The molecule has 0 unspecified atom stereocenters. The number of halogens is 1. The summed E-state index contributed by atoms with van der Waals surface area (Å²) >= 11 is 0. The van der Waals surface area contributed by atoms with Crippen molar-refractivity contribution in [3.8, 4) is 0 Å². The van der Waals surface area contributed by atoms with Gasteiger partial charge in [0.2, 0.25) is 0 Å². The summed E-state index contributed by atoms with van der Waals surface area (Å²) in [5.74, 6) is 0.583. The first-order chi connectivity index (χ1) is 10.1. The van der Waals surface area contributed by atoms with Crippen molar-refractivity contribution in [1.82, 2.24) is 10.2 Å². The number of hydrogen-bond acceptors (Lipinski definition) is 2. The molecule has 1 aromatic carbocycles. The normalized spacial score (nSPS) is 16.4. The van der Waals surface area contributed by atoms with Crippen molar-refractivity contribution in [2.24, 2.45) is 10.7 Å². The molecule has 0 spiro atoms. The molecule has 124 valence electrons. The molecular weight excluding hydrogens is 387 g/mol. The van der Waals surface area contributed by atoms with Crippen LogP contribution < -0.4 is 11.1 Å². The summed E-state index contributed by atoms with van der Waals surface area (Å²) in [7, 11) is 4.16. The minimum atomic E-state index is 0. The highest BCUT2D eigenvalue weighted by Gasteiger charge is 2.13. The van der Waals surface area contributed by atoms with Gasteiger partial charge in [0.25, 0.3) is 0 Å². The van der Waals surface area contributed by atoms with Crippen molar-refractivity contribution in [3.05, 3.63) is 35.4 Å². The van der Waals surface area contributed by atoms with Crippen LogP contribution in [0, 0.1) is 0 Å². The van der Waals surface area contributed by atoms with Crippen LogP contribution >= 0.6 is 24.0 Å². The average molecular weight is 416 g/mol. The van der Waals surface area contributed by atoms with Gasteiger partial charge in [0, 0.05) is 12.6 Å². The summed E-state index contributed by atoms with van der Waals surface area (Å²) in [4.78, 5) is 6.65. The van der Waals surface area contributed by atoms with Crippen molar-refractivity contribution in [2.75, 3.05) is 14.1 Å². The van der Waals surface area contributed by atoms with Crippen molar-refractivity contribution in [3.63, 3.8) is 0 Å². The number of nitrogens with one attached hydrogen (secondary N) is 1. The molecule has 0 amide bonds. The van der Waals surface area contributed by atoms with E-state index in [-0.39, 0.29) is 24.0 Å². The van der Waals surface area contributed by atoms with Crippen LogP contribution in [0.3, 0.4) is 0 Å². The molecule has 1 aliphatic rings. The summed E-state index contributed by atoms with van der Waals surface area (Å²) < 4.78 is 0. The fourth-order valence-electron chi connectivity index (χ4n) is 2.87. The molecule has 22 heavy (non-hydrogen) atoms. The van der Waals surface area contributed by atoms with E-state index in [0.29, 0.717) is 18.5 Å². The number of aliphatic imine (C=N–C) groups is 1. The Bertz CT molecular complexity index is 467. The molecule has 1 saturated carbocycles. The van der Waals surface area contributed by atoms with E-state index in [2.05, 4.69) is 53.6 Å². The lowest BCUT2D eigenvalue weighted by Gasteiger charge is -2.23. The van der Waals surface area contributed by atoms with Crippen LogP contribution in [0.1, 0.15) is 43.2 Å². The molecule has 0 aromatic heterocycles. The van der Waals surface area contributed by atoms with Gasteiger partial charge in [0.05, 0.1) is 6.54 Å². The maximum atomic E-state index is 6.00. The topological polar surface area (TPSA) is 53.6 Å². The van der Waals surface area contributed by atoms with Crippen LogP contribution in [0.25, 0.3) is 0 Å². The molecule has 1 fully saturated rings. The van der Waals surface area contributed by atoms with E-state index in [1.54, 1.807) is 0 Å². The molecule has 1 aliphatic carbocycles. The molecule has 3 N–H and O–H groups in total. The third-order valence-electron chi connectivity index (χ3n) is 3.88. The summed E-state index contributed by atoms with van der Waals surface area (Å²) in [6, 6.07) is 9.07. The van der Waals surface area contributed by atoms with E-state index in [4.69, 9.17) is 5.73 Å². The van der Waals surface area contributed by atoms with E-state index in [1.165, 1.54) is 43.2 Å². The van der Waals surface area contributed by atoms with Gasteiger partial charge in [-0.3, -0.25) is 0 Å². The van der Waals surface area contributed by atoms with E-state index in [0.717, 1.165) is 6.54 Å². The molecule has 0 radical (unpaired) electrons. The first-order valence-corrected chi connectivity index (χ1v) is 7.92. The minimum absolute atomic E-state index is 0. The maximum absolute atomic E-state index is 6.00. The van der Waals surface area contributed by atoms with Gasteiger partial charge in [-0.15, -0.1) is 24.0 Å². The van der Waals surface area contributed by atoms with Gasteiger partial charge in [0.1, 0.15) is 0 Å². The summed E-state index contributed by atoms with van der Waals surface area (Å²) in [6.07, 6.45) is 6.39. The minimum Gasteiger partial charge on any atom is -0.370 e. The number of guanidine groups is 1. The van der Waals surface area contributed by atoms with Gasteiger partial charge < -0.3 is 16.0 Å². The zero-order valence-electron chi connectivity index (χ0n) is 13.7. The highest BCUT2D eigenvalue weighted by molar-refractivity contribution is 14.0. The first kappa shape index (κ1) is 19.2. The zero-order valence-corrected chi connectivity index (χ0v) is 16.0. The van der Waals surface area contributed by atoms with Crippen LogP contribution in [-0.4, -0.2) is 31.0 Å². The van der Waals surface area contributed by atoms with Gasteiger partial charge in [-0.25, -0.2) is 4.99 Å². The Morgan fingerprint density at radius 3 is 2.59 bits per heavy atom. The lowest BCUT2D eigenvalue weighted by molar-refractivity contribution is 0.402. The monoisotopic (exact) mass is 416 g/mol. The van der Waals surface area contributed by atoms with Gasteiger partial charge in [-0.05, 0) is 38.1 Å². The van der Waals surface area contributed by atoms with Crippen LogP contribution in [0.15, 0.2) is 29.3 Å². The van der Waals surface area contributed by atoms with E-state index < -0.39 is 0 Å². The standard InChI is InChI=1S/C17H28N4.HI/c1-21(2)13-15-8-6-7-14(11-15)12-19-17(18)20-16-9-4-3-5-10-16;/h6-8,11,16H,3-5,9-10,12-13H2,1-2H3,(H3,18,19,20);1H. The SMILES string of the molecule is CN(C)Cc1cccc(CN=C(N)NC2CCCCC2)c1.I. The average Bonchev–Trinajstić information content (AvgIpc) is 2.46. The second-order valence-corrected chi connectivity index (χ2v) is 6.24. The van der Waals surface area contributed by atoms with Crippen molar-refractivity contribution < 1.29 is 0 Å². The van der Waals surface area contributed by atoms with E-state index in [1.807, 2.05) is 0 Å². The quantitative estimate of drug-likeness (QED) is 0.441. The van der Waals surface area contributed by atoms with E-state index >= 15 is 0 Å². The molecule has 2 rings (SSSR count). The van der Waals surface area contributed by atoms with Gasteiger partial charge in [-0.1, -0.05) is 43.5 Å². The van der Waals surface area contributed by atoms with Gasteiger partial charge in [-0.2, -0.15) is 0 Å². The molecular formula is C17H29IN4. The molecule has 0 heterocycles. The second kappa shape index (κ2) is 10.0. The third-order valence-corrected chi connectivity index (χ3v) is 3.88. The van der Waals surface area contributed by atoms with Gasteiger partial charge >= 0.3 is 0 Å². The Hall–Kier alpha value is -0.820. The Labute approximate surface area is 151 Å². The Morgan fingerprint density at radius 1 is 1.23 bits per heavy atom. The summed E-state index contributed by atoms with van der Waals surface area (Å²) in [6.45, 7) is 1.60. The molecule has 4 nitrogen and oxygen atoms in total. The Kier molecular flexibility index (Phi) is 8.78. The third kappa shape index (κ3) is 6.96. The smallest absolute Gasteiger partial charge is 0.189 e. The number of rotatable bonds is 5. The number of hydrogen-bond donors (Lipinski definition) is 2.